The third kappa shape index (κ3) is 3.43. The Bertz CT molecular complexity index is 691. The molecule has 0 spiro atoms. The van der Waals surface area contributed by atoms with Crippen molar-refractivity contribution in [2.75, 3.05) is 19.5 Å². The first kappa shape index (κ1) is 15.6. The molecule has 2 aromatic carbocycles. The van der Waals surface area contributed by atoms with Crippen LogP contribution in [0.5, 0.6) is 11.5 Å². The number of ether oxygens (including phenoxy) is 2. The van der Waals surface area contributed by atoms with Crippen molar-refractivity contribution in [1.82, 2.24) is 0 Å². The molecule has 2 aromatic rings. The molecule has 0 fully saturated rings. The molecule has 0 saturated carbocycles. The van der Waals surface area contributed by atoms with Crippen molar-refractivity contribution in [3.63, 3.8) is 0 Å². The highest BCUT2D eigenvalue weighted by atomic mass is 19.1. The topological polar surface area (TPSA) is 73.6 Å². The molecule has 0 aromatic heterocycles. The highest BCUT2D eigenvalue weighted by Crippen LogP contribution is 2.27. The lowest BCUT2D eigenvalue weighted by molar-refractivity contribution is -0.384. The van der Waals surface area contributed by atoms with Crippen LogP contribution >= 0.6 is 0 Å². The van der Waals surface area contributed by atoms with Crippen LogP contribution in [0.15, 0.2) is 36.4 Å². The van der Waals surface area contributed by atoms with Crippen LogP contribution in [0.1, 0.15) is 5.56 Å². The molecule has 0 aliphatic carbocycles. The van der Waals surface area contributed by atoms with Crippen molar-refractivity contribution in [3.05, 3.63) is 57.9 Å². The number of nitrogens with zero attached hydrogens (tertiary/aromatic N) is 1. The maximum absolute atomic E-state index is 13.7. The number of halogens is 1. The molecule has 0 heterocycles. The van der Waals surface area contributed by atoms with Crippen molar-refractivity contribution in [2.24, 2.45) is 0 Å². The van der Waals surface area contributed by atoms with Crippen LogP contribution in [0.25, 0.3) is 0 Å². The van der Waals surface area contributed by atoms with E-state index < -0.39 is 10.7 Å². The zero-order valence-electron chi connectivity index (χ0n) is 12.1. The van der Waals surface area contributed by atoms with Crippen molar-refractivity contribution in [1.29, 1.82) is 0 Å². The van der Waals surface area contributed by atoms with Crippen LogP contribution in [0.3, 0.4) is 0 Å². The largest absolute Gasteiger partial charge is 0.497 e. The van der Waals surface area contributed by atoms with Gasteiger partial charge in [0, 0.05) is 30.3 Å². The maximum Gasteiger partial charge on any atom is 0.271 e. The Labute approximate surface area is 126 Å². The van der Waals surface area contributed by atoms with E-state index in [4.69, 9.17) is 9.47 Å². The average Bonchev–Trinajstić information content (AvgIpc) is 2.53. The summed E-state index contributed by atoms with van der Waals surface area (Å²) < 4.78 is 24.0. The van der Waals surface area contributed by atoms with Crippen LogP contribution in [0.2, 0.25) is 0 Å². The predicted molar refractivity (Wildman–Crippen MR) is 79.9 cm³/mol. The minimum absolute atomic E-state index is 0.0621. The summed E-state index contributed by atoms with van der Waals surface area (Å²) >= 11 is 0. The number of nitro benzene ring substituents is 1. The molecule has 0 aliphatic heterocycles. The summed E-state index contributed by atoms with van der Waals surface area (Å²) in [7, 11) is 3.07. The Balaban J connectivity index is 2.19. The van der Waals surface area contributed by atoms with Gasteiger partial charge in [-0.25, -0.2) is 4.39 Å². The summed E-state index contributed by atoms with van der Waals surface area (Å²) in [4.78, 5) is 10.2. The van der Waals surface area contributed by atoms with E-state index in [1.165, 1.54) is 7.11 Å². The SMILES string of the molecule is COc1ccc(CNc2cc([N+](=O)[O-])ccc2F)c(OC)c1. The Morgan fingerprint density at radius 3 is 2.59 bits per heavy atom. The maximum atomic E-state index is 13.7. The molecule has 6 nitrogen and oxygen atoms in total. The van der Waals surface area contributed by atoms with E-state index in [-0.39, 0.29) is 17.9 Å². The number of anilines is 1. The molecule has 0 radical (unpaired) electrons. The zero-order valence-corrected chi connectivity index (χ0v) is 12.1. The molecule has 0 atom stereocenters. The summed E-state index contributed by atoms with van der Waals surface area (Å²) in [6, 6.07) is 8.58. The summed E-state index contributed by atoms with van der Waals surface area (Å²) in [6.45, 7) is 0.255. The lowest BCUT2D eigenvalue weighted by atomic mass is 10.1. The Hall–Kier alpha value is -2.83. The third-order valence-electron chi connectivity index (χ3n) is 3.12. The fourth-order valence-corrected chi connectivity index (χ4v) is 1.95. The number of hydrogen-bond acceptors (Lipinski definition) is 5. The molecule has 2 rings (SSSR count). The van der Waals surface area contributed by atoms with E-state index in [2.05, 4.69) is 5.32 Å². The van der Waals surface area contributed by atoms with Gasteiger partial charge in [-0.05, 0) is 18.2 Å². The van der Waals surface area contributed by atoms with E-state index in [9.17, 15) is 14.5 Å². The number of nitrogens with one attached hydrogen (secondary N) is 1. The van der Waals surface area contributed by atoms with E-state index in [1.54, 1.807) is 25.3 Å². The van der Waals surface area contributed by atoms with Gasteiger partial charge in [-0.2, -0.15) is 0 Å². The van der Waals surface area contributed by atoms with Gasteiger partial charge in [0.1, 0.15) is 17.3 Å². The molecular weight excluding hydrogens is 291 g/mol. The molecule has 0 amide bonds. The van der Waals surface area contributed by atoms with Gasteiger partial charge >= 0.3 is 0 Å². The number of hydrogen-bond donors (Lipinski definition) is 1. The molecular formula is C15H15FN2O4. The molecule has 1 N–H and O–H groups in total. The Morgan fingerprint density at radius 2 is 1.95 bits per heavy atom. The van der Waals surface area contributed by atoms with Gasteiger partial charge in [-0.15, -0.1) is 0 Å². The number of non-ortho nitro benzene ring substituents is 1. The van der Waals surface area contributed by atoms with Crippen molar-refractivity contribution < 1.29 is 18.8 Å². The number of rotatable bonds is 6. The Kier molecular flexibility index (Phi) is 4.77. The summed E-state index contributed by atoms with van der Waals surface area (Å²) in [6.07, 6.45) is 0. The van der Waals surface area contributed by atoms with E-state index in [0.717, 1.165) is 23.8 Å². The number of benzene rings is 2. The zero-order chi connectivity index (χ0) is 16.1. The average molecular weight is 306 g/mol. The fraction of sp³-hybridized carbons (Fsp3) is 0.200. The van der Waals surface area contributed by atoms with E-state index in [0.29, 0.717) is 11.5 Å². The molecule has 0 unspecified atom stereocenters. The van der Waals surface area contributed by atoms with Crippen LogP contribution in [0, 0.1) is 15.9 Å². The van der Waals surface area contributed by atoms with Gasteiger partial charge < -0.3 is 14.8 Å². The first-order chi connectivity index (χ1) is 10.5. The van der Waals surface area contributed by atoms with Gasteiger partial charge in [0.25, 0.3) is 5.69 Å². The van der Waals surface area contributed by atoms with Gasteiger partial charge in [-0.1, -0.05) is 0 Å². The fourth-order valence-electron chi connectivity index (χ4n) is 1.95. The van der Waals surface area contributed by atoms with Crippen molar-refractivity contribution >= 4 is 11.4 Å². The van der Waals surface area contributed by atoms with E-state index >= 15 is 0 Å². The quantitative estimate of drug-likeness (QED) is 0.654. The molecule has 7 heteroatoms. The van der Waals surface area contributed by atoms with Crippen molar-refractivity contribution in [2.45, 2.75) is 6.54 Å². The van der Waals surface area contributed by atoms with E-state index in [1.807, 2.05) is 0 Å². The van der Waals surface area contributed by atoms with Gasteiger partial charge in [0.05, 0.1) is 24.8 Å². The van der Waals surface area contributed by atoms with Crippen molar-refractivity contribution in [3.8, 4) is 11.5 Å². The first-order valence-corrected chi connectivity index (χ1v) is 6.44. The smallest absolute Gasteiger partial charge is 0.271 e. The minimum Gasteiger partial charge on any atom is -0.497 e. The molecule has 0 aliphatic rings. The third-order valence-corrected chi connectivity index (χ3v) is 3.12. The second-order valence-electron chi connectivity index (χ2n) is 4.45. The Morgan fingerprint density at radius 1 is 1.18 bits per heavy atom. The van der Waals surface area contributed by atoms with Crippen LogP contribution in [0.4, 0.5) is 15.8 Å². The van der Waals surface area contributed by atoms with Gasteiger partial charge in [0.15, 0.2) is 0 Å². The summed E-state index contributed by atoms with van der Waals surface area (Å²) in [5, 5.41) is 13.6. The number of methoxy groups -OCH3 is 2. The van der Waals surface area contributed by atoms with Crippen LogP contribution in [-0.2, 0) is 6.54 Å². The molecule has 0 saturated heterocycles. The highest BCUT2D eigenvalue weighted by molar-refractivity contribution is 5.53. The predicted octanol–water partition coefficient (Wildman–Crippen LogP) is 3.36. The lowest BCUT2D eigenvalue weighted by Gasteiger charge is -2.12. The molecule has 116 valence electrons. The molecule has 0 bridgehead atoms. The van der Waals surface area contributed by atoms with Crippen LogP contribution < -0.4 is 14.8 Å². The normalized spacial score (nSPS) is 10.1. The first-order valence-electron chi connectivity index (χ1n) is 6.44. The highest BCUT2D eigenvalue weighted by Gasteiger charge is 2.11. The summed E-state index contributed by atoms with van der Waals surface area (Å²) in [5.74, 6) is 0.665. The minimum atomic E-state index is -0.571. The van der Waals surface area contributed by atoms with Gasteiger partial charge in [0.2, 0.25) is 0 Å². The number of nitro groups is 1. The standard InChI is InChI=1S/C15H15FN2O4/c1-21-12-5-3-10(15(8-12)22-2)9-17-14-7-11(18(19)20)4-6-13(14)16/h3-8,17H,9H2,1-2H3. The summed E-state index contributed by atoms with van der Waals surface area (Å²) in [5.41, 5.74) is 0.659. The second-order valence-corrected chi connectivity index (χ2v) is 4.45. The molecule has 22 heavy (non-hydrogen) atoms. The lowest BCUT2D eigenvalue weighted by Crippen LogP contribution is -2.04. The second kappa shape index (κ2) is 6.75. The van der Waals surface area contributed by atoms with Crippen LogP contribution in [-0.4, -0.2) is 19.1 Å². The monoisotopic (exact) mass is 306 g/mol. The van der Waals surface area contributed by atoms with Gasteiger partial charge in [-0.3, -0.25) is 10.1 Å².